The van der Waals surface area contributed by atoms with E-state index < -0.39 is 21.0 Å². The Hall–Kier alpha value is -2.74. The molecular weight excluding hydrogens is 330 g/mol. The highest BCUT2D eigenvalue weighted by molar-refractivity contribution is 7.88. The number of hydrazone groups is 1. The summed E-state index contributed by atoms with van der Waals surface area (Å²) in [7, 11) is -3.60. The first-order chi connectivity index (χ1) is 11.4. The number of hydrogen-bond donors (Lipinski definition) is 0. The van der Waals surface area contributed by atoms with E-state index in [4.69, 9.17) is 0 Å². The molecule has 124 valence electrons. The second kappa shape index (κ2) is 6.04. The third-order valence-electron chi connectivity index (χ3n) is 3.79. The molecule has 24 heavy (non-hydrogen) atoms. The monoisotopic (exact) mass is 345 g/mol. The van der Waals surface area contributed by atoms with Crippen molar-refractivity contribution in [2.75, 3.05) is 6.26 Å². The summed E-state index contributed by atoms with van der Waals surface area (Å²) in [6.07, 6.45) is 1.44. The van der Waals surface area contributed by atoms with E-state index in [2.05, 4.69) is 5.10 Å². The highest BCUT2D eigenvalue weighted by atomic mass is 32.2. The molecule has 0 aliphatic carbocycles. The first kappa shape index (κ1) is 16.1. The number of nitro groups is 1. The van der Waals surface area contributed by atoms with E-state index in [9.17, 15) is 18.5 Å². The van der Waals surface area contributed by atoms with E-state index in [1.54, 1.807) is 12.1 Å². The zero-order valence-electron chi connectivity index (χ0n) is 12.9. The van der Waals surface area contributed by atoms with Crippen molar-refractivity contribution in [3.05, 3.63) is 75.8 Å². The zero-order valence-corrected chi connectivity index (χ0v) is 13.7. The van der Waals surface area contributed by atoms with Crippen molar-refractivity contribution < 1.29 is 13.3 Å². The number of non-ortho nitro benzene ring substituents is 1. The molecule has 0 radical (unpaired) electrons. The Labute approximate surface area is 139 Å². The molecule has 0 fully saturated rings. The van der Waals surface area contributed by atoms with Crippen LogP contribution in [-0.4, -0.2) is 29.7 Å². The van der Waals surface area contributed by atoms with Crippen LogP contribution in [0.3, 0.4) is 0 Å². The van der Waals surface area contributed by atoms with Crippen LogP contribution in [0.1, 0.15) is 23.6 Å². The first-order valence-corrected chi connectivity index (χ1v) is 9.08. The predicted molar refractivity (Wildman–Crippen MR) is 90.1 cm³/mol. The molecule has 0 unspecified atom stereocenters. The Morgan fingerprint density at radius 3 is 2.50 bits per heavy atom. The van der Waals surface area contributed by atoms with Gasteiger partial charge in [-0.3, -0.25) is 10.1 Å². The van der Waals surface area contributed by atoms with Crippen molar-refractivity contribution in [2.45, 2.75) is 12.5 Å². The molecule has 1 aliphatic heterocycles. The van der Waals surface area contributed by atoms with Gasteiger partial charge in [-0.15, -0.1) is 0 Å². The van der Waals surface area contributed by atoms with Gasteiger partial charge in [0.25, 0.3) is 5.69 Å². The van der Waals surface area contributed by atoms with Gasteiger partial charge < -0.3 is 0 Å². The summed E-state index contributed by atoms with van der Waals surface area (Å²) >= 11 is 0. The normalized spacial score (nSPS) is 17.6. The van der Waals surface area contributed by atoms with Crippen LogP contribution in [0, 0.1) is 10.1 Å². The fourth-order valence-corrected chi connectivity index (χ4v) is 3.60. The molecular formula is C16H15N3O4S. The van der Waals surface area contributed by atoms with Gasteiger partial charge >= 0.3 is 0 Å². The van der Waals surface area contributed by atoms with Gasteiger partial charge in [0, 0.05) is 18.6 Å². The Morgan fingerprint density at radius 1 is 1.17 bits per heavy atom. The number of nitrogens with zero attached hydrogens (tertiary/aromatic N) is 3. The maximum absolute atomic E-state index is 12.1. The molecule has 2 aromatic rings. The predicted octanol–water partition coefficient (Wildman–Crippen LogP) is 2.71. The second-order valence-corrected chi connectivity index (χ2v) is 7.36. The summed E-state index contributed by atoms with van der Waals surface area (Å²) in [5.41, 5.74) is 1.94. The van der Waals surface area contributed by atoms with Crippen LogP contribution in [0.25, 0.3) is 0 Å². The van der Waals surface area contributed by atoms with E-state index in [0.717, 1.165) is 16.2 Å². The average molecular weight is 345 g/mol. The van der Waals surface area contributed by atoms with Crippen LogP contribution in [0.4, 0.5) is 5.69 Å². The summed E-state index contributed by atoms with van der Waals surface area (Å²) in [6.45, 7) is 0. The van der Waals surface area contributed by atoms with Crippen molar-refractivity contribution in [3.63, 3.8) is 0 Å². The van der Waals surface area contributed by atoms with Crippen LogP contribution in [0.5, 0.6) is 0 Å². The van der Waals surface area contributed by atoms with Crippen LogP contribution < -0.4 is 0 Å². The minimum absolute atomic E-state index is 0.0749. The molecule has 0 bridgehead atoms. The molecule has 0 saturated carbocycles. The lowest BCUT2D eigenvalue weighted by atomic mass is 9.99. The number of nitro benzene ring substituents is 1. The SMILES string of the molecule is CS(=O)(=O)N1N=C(c2ccccc2)C[C@@H]1c1cccc([N+](=O)[O-])c1. The standard InChI is InChI=1S/C16H15N3O4S/c1-24(22,23)18-16(13-8-5-9-14(10-13)19(20)21)11-15(17-18)12-6-3-2-4-7-12/h2-10,16H,11H2,1H3/t16-/m1/s1. The maximum Gasteiger partial charge on any atom is 0.269 e. The smallest absolute Gasteiger partial charge is 0.258 e. The zero-order chi connectivity index (χ0) is 17.3. The fourth-order valence-electron chi connectivity index (χ4n) is 2.69. The lowest BCUT2D eigenvalue weighted by Gasteiger charge is -2.21. The first-order valence-electron chi connectivity index (χ1n) is 7.23. The molecule has 0 N–H and O–H groups in total. The third kappa shape index (κ3) is 3.13. The Balaban J connectivity index is 2.02. The van der Waals surface area contributed by atoms with E-state index >= 15 is 0 Å². The van der Waals surface area contributed by atoms with Gasteiger partial charge in [-0.1, -0.05) is 42.5 Å². The summed E-state index contributed by atoms with van der Waals surface area (Å²) in [6, 6.07) is 14.7. The topological polar surface area (TPSA) is 92.9 Å². The summed E-state index contributed by atoms with van der Waals surface area (Å²) in [5.74, 6) is 0. The quantitative estimate of drug-likeness (QED) is 0.629. The van der Waals surface area contributed by atoms with E-state index in [1.165, 1.54) is 12.1 Å². The van der Waals surface area contributed by atoms with Crippen molar-refractivity contribution in [1.29, 1.82) is 0 Å². The van der Waals surface area contributed by atoms with Gasteiger partial charge in [0.15, 0.2) is 0 Å². The maximum atomic E-state index is 12.1. The molecule has 1 aliphatic rings. The van der Waals surface area contributed by atoms with E-state index in [-0.39, 0.29) is 5.69 Å². The third-order valence-corrected chi connectivity index (χ3v) is 4.80. The summed E-state index contributed by atoms with van der Waals surface area (Å²) in [5, 5.41) is 15.2. The Morgan fingerprint density at radius 2 is 1.88 bits per heavy atom. The highest BCUT2D eigenvalue weighted by Gasteiger charge is 2.35. The molecule has 0 aromatic heterocycles. The number of benzene rings is 2. The minimum atomic E-state index is -3.60. The summed E-state index contributed by atoms with van der Waals surface area (Å²) < 4.78 is 25.2. The molecule has 0 spiro atoms. The lowest BCUT2D eigenvalue weighted by Crippen LogP contribution is -2.25. The summed E-state index contributed by atoms with van der Waals surface area (Å²) in [4.78, 5) is 10.5. The van der Waals surface area contributed by atoms with Crippen molar-refractivity contribution in [1.82, 2.24) is 4.41 Å². The Kier molecular flexibility index (Phi) is 4.06. The Bertz CT molecular complexity index is 910. The van der Waals surface area contributed by atoms with Crippen LogP contribution in [-0.2, 0) is 10.0 Å². The molecule has 1 heterocycles. The van der Waals surface area contributed by atoms with Gasteiger partial charge in [-0.05, 0) is 11.1 Å². The molecule has 2 aromatic carbocycles. The second-order valence-electron chi connectivity index (χ2n) is 5.52. The van der Waals surface area contributed by atoms with Crippen molar-refractivity contribution in [2.24, 2.45) is 5.10 Å². The molecule has 1 atom stereocenters. The number of sulfonamides is 1. The van der Waals surface area contributed by atoms with Crippen LogP contribution in [0.2, 0.25) is 0 Å². The van der Waals surface area contributed by atoms with Gasteiger partial charge in [0.2, 0.25) is 10.0 Å². The molecule has 0 amide bonds. The van der Waals surface area contributed by atoms with Gasteiger partial charge in [0.05, 0.1) is 22.9 Å². The van der Waals surface area contributed by atoms with Crippen LogP contribution >= 0.6 is 0 Å². The molecule has 7 nitrogen and oxygen atoms in total. The molecule has 3 rings (SSSR count). The van der Waals surface area contributed by atoms with Crippen LogP contribution in [0.15, 0.2) is 59.7 Å². The fraction of sp³-hybridized carbons (Fsp3) is 0.188. The lowest BCUT2D eigenvalue weighted by molar-refractivity contribution is -0.384. The minimum Gasteiger partial charge on any atom is -0.258 e. The largest absolute Gasteiger partial charge is 0.269 e. The highest BCUT2D eigenvalue weighted by Crippen LogP contribution is 2.35. The van der Waals surface area contributed by atoms with Gasteiger partial charge in [-0.2, -0.15) is 9.52 Å². The average Bonchev–Trinajstić information content (AvgIpc) is 3.01. The number of rotatable bonds is 4. The number of hydrogen-bond acceptors (Lipinski definition) is 5. The van der Waals surface area contributed by atoms with Crippen molar-refractivity contribution in [3.8, 4) is 0 Å². The van der Waals surface area contributed by atoms with E-state index in [0.29, 0.717) is 17.7 Å². The molecule has 0 saturated heterocycles. The molecule has 8 heteroatoms. The van der Waals surface area contributed by atoms with E-state index in [1.807, 2.05) is 30.3 Å². The van der Waals surface area contributed by atoms with Crippen molar-refractivity contribution >= 4 is 21.4 Å². The van der Waals surface area contributed by atoms with Gasteiger partial charge in [0.1, 0.15) is 0 Å². The van der Waals surface area contributed by atoms with Gasteiger partial charge in [-0.25, -0.2) is 8.42 Å².